The summed E-state index contributed by atoms with van der Waals surface area (Å²) in [5.41, 5.74) is 0. The lowest BCUT2D eigenvalue weighted by Crippen LogP contribution is -2.44. The molecule has 0 unspecified atom stereocenters. The molecule has 1 aliphatic heterocycles. The molecular formula is C16H33IN4. The van der Waals surface area contributed by atoms with Crippen LogP contribution >= 0.6 is 24.0 Å². The van der Waals surface area contributed by atoms with E-state index in [1.165, 1.54) is 25.9 Å². The van der Waals surface area contributed by atoms with Crippen LogP contribution in [-0.2, 0) is 0 Å². The van der Waals surface area contributed by atoms with Crippen LogP contribution in [0.3, 0.4) is 0 Å². The highest BCUT2D eigenvalue weighted by Crippen LogP contribution is 2.15. The van der Waals surface area contributed by atoms with E-state index in [0.717, 1.165) is 44.4 Å². The Balaban J connectivity index is 0.00000400. The zero-order chi connectivity index (χ0) is 14.8. The van der Waals surface area contributed by atoms with Gasteiger partial charge in [0, 0.05) is 33.7 Å². The van der Waals surface area contributed by atoms with Crippen molar-refractivity contribution >= 4 is 29.9 Å². The fourth-order valence-electron chi connectivity index (χ4n) is 2.57. The molecule has 0 aliphatic carbocycles. The third-order valence-electron chi connectivity index (χ3n) is 4.06. The first-order chi connectivity index (χ1) is 9.67. The lowest BCUT2D eigenvalue weighted by atomic mass is 9.99. The molecule has 0 aromatic carbocycles. The highest BCUT2D eigenvalue weighted by atomic mass is 127. The Morgan fingerprint density at radius 2 is 2.10 bits per heavy atom. The predicted octanol–water partition coefficient (Wildman–Crippen LogP) is 2.81. The van der Waals surface area contributed by atoms with Gasteiger partial charge >= 0.3 is 0 Å². The second-order valence-corrected chi connectivity index (χ2v) is 5.85. The zero-order valence-corrected chi connectivity index (χ0v) is 16.3. The van der Waals surface area contributed by atoms with Gasteiger partial charge in [-0.3, -0.25) is 4.99 Å². The first-order valence-electron chi connectivity index (χ1n) is 7.92. The number of piperidine rings is 1. The van der Waals surface area contributed by atoms with Gasteiger partial charge in [0.2, 0.25) is 0 Å². The molecule has 1 fully saturated rings. The summed E-state index contributed by atoms with van der Waals surface area (Å²) in [7, 11) is 3.95. The molecule has 1 rings (SSSR count). The Hall–Kier alpha value is -0.300. The van der Waals surface area contributed by atoms with Crippen LogP contribution in [0.2, 0.25) is 0 Å². The molecule has 5 heteroatoms. The summed E-state index contributed by atoms with van der Waals surface area (Å²) in [6.45, 7) is 11.7. The van der Waals surface area contributed by atoms with Crippen LogP contribution in [-0.4, -0.2) is 62.6 Å². The molecule has 1 saturated heterocycles. The molecular weight excluding hydrogens is 375 g/mol. The van der Waals surface area contributed by atoms with Crippen LogP contribution in [0.1, 0.15) is 32.6 Å². The molecule has 1 N–H and O–H groups in total. The minimum atomic E-state index is 0. The fraction of sp³-hybridized carbons (Fsp3) is 0.812. The van der Waals surface area contributed by atoms with Crippen molar-refractivity contribution in [2.24, 2.45) is 10.9 Å². The van der Waals surface area contributed by atoms with Crippen molar-refractivity contribution in [3.63, 3.8) is 0 Å². The monoisotopic (exact) mass is 408 g/mol. The average molecular weight is 408 g/mol. The summed E-state index contributed by atoms with van der Waals surface area (Å²) >= 11 is 0. The van der Waals surface area contributed by atoms with Gasteiger partial charge in [-0.15, -0.1) is 30.6 Å². The van der Waals surface area contributed by atoms with Crippen molar-refractivity contribution in [2.75, 3.05) is 46.8 Å². The number of guanidine groups is 1. The SMILES string of the molecule is C=CCCCN(C)C(=NC)NCCN1CCC(C)CC1.I. The topological polar surface area (TPSA) is 30.9 Å². The molecule has 1 aliphatic rings. The van der Waals surface area contributed by atoms with E-state index in [1.807, 2.05) is 13.1 Å². The Morgan fingerprint density at radius 1 is 1.43 bits per heavy atom. The normalized spacial score (nSPS) is 17.2. The molecule has 0 spiro atoms. The Labute approximate surface area is 148 Å². The highest BCUT2D eigenvalue weighted by molar-refractivity contribution is 14.0. The molecule has 0 bridgehead atoms. The van der Waals surface area contributed by atoms with Crippen molar-refractivity contribution in [3.05, 3.63) is 12.7 Å². The van der Waals surface area contributed by atoms with E-state index in [-0.39, 0.29) is 24.0 Å². The maximum atomic E-state index is 4.35. The molecule has 0 amide bonds. The molecule has 1 heterocycles. The van der Waals surface area contributed by atoms with Gasteiger partial charge < -0.3 is 15.1 Å². The number of nitrogens with zero attached hydrogens (tertiary/aromatic N) is 3. The number of likely N-dealkylation sites (tertiary alicyclic amines) is 1. The van der Waals surface area contributed by atoms with Crippen molar-refractivity contribution in [3.8, 4) is 0 Å². The molecule has 124 valence electrons. The molecule has 0 aromatic rings. The van der Waals surface area contributed by atoms with E-state index in [1.54, 1.807) is 0 Å². The van der Waals surface area contributed by atoms with Crippen LogP contribution in [0.25, 0.3) is 0 Å². The molecule has 0 radical (unpaired) electrons. The number of allylic oxidation sites excluding steroid dienone is 1. The van der Waals surface area contributed by atoms with E-state index in [4.69, 9.17) is 0 Å². The molecule has 21 heavy (non-hydrogen) atoms. The van der Waals surface area contributed by atoms with Gasteiger partial charge in [0.25, 0.3) is 0 Å². The van der Waals surface area contributed by atoms with Gasteiger partial charge in [-0.05, 0) is 44.7 Å². The zero-order valence-electron chi connectivity index (χ0n) is 14.0. The third kappa shape index (κ3) is 8.66. The van der Waals surface area contributed by atoms with Gasteiger partial charge in [-0.25, -0.2) is 0 Å². The van der Waals surface area contributed by atoms with E-state index >= 15 is 0 Å². The van der Waals surface area contributed by atoms with Crippen molar-refractivity contribution < 1.29 is 0 Å². The second kappa shape index (κ2) is 12.3. The number of halogens is 1. The maximum Gasteiger partial charge on any atom is 0.193 e. The van der Waals surface area contributed by atoms with Crippen LogP contribution in [0, 0.1) is 5.92 Å². The third-order valence-corrected chi connectivity index (χ3v) is 4.06. The van der Waals surface area contributed by atoms with Crippen molar-refractivity contribution in [1.82, 2.24) is 15.1 Å². The van der Waals surface area contributed by atoms with Gasteiger partial charge in [0.15, 0.2) is 5.96 Å². The summed E-state index contributed by atoms with van der Waals surface area (Å²) in [6.07, 6.45) is 6.85. The number of nitrogens with one attached hydrogen (secondary N) is 1. The number of hydrogen-bond acceptors (Lipinski definition) is 2. The molecule has 4 nitrogen and oxygen atoms in total. The Bertz CT molecular complexity index is 299. The number of rotatable bonds is 7. The fourth-order valence-corrected chi connectivity index (χ4v) is 2.57. The second-order valence-electron chi connectivity index (χ2n) is 5.85. The van der Waals surface area contributed by atoms with Gasteiger partial charge in [-0.2, -0.15) is 0 Å². The van der Waals surface area contributed by atoms with E-state index in [9.17, 15) is 0 Å². The quantitative estimate of drug-likeness (QED) is 0.231. The van der Waals surface area contributed by atoms with Crippen LogP contribution in [0.5, 0.6) is 0 Å². The lowest BCUT2D eigenvalue weighted by Gasteiger charge is -2.30. The Morgan fingerprint density at radius 3 is 2.67 bits per heavy atom. The smallest absolute Gasteiger partial charge is 0.193 e. The van der Waals surface area contributed by atoms with Gasteiger partial charge in [0.1, 0.15) is 0 Å². The largest absolute Gasteiger partial charge is 0.355 e. The summed E-state index contributed by atoms with van der Waals surface area (Å²) in [6, 6.07) is 0. The Kier molecular flexibility index (Phi) is 12.1. The number of unbranched alkanes of at least 4 members (excludes halogenated alkanes) is 1. The maximum absolute atomic E-state index is 4.35. The summed E-state index contributed by atoms with van der Waals surface area (Å²) in [5.74, 6) is 1.91. The van der Waals surface area contributed by atoms with E-state index in [0.29, 0.717) is 0 Å². The molecule has 0 atom stereocenters. The van der Waals surface area contributed by atoms with Crippen molar-refractivity contribution in [1.29, 1.82) is 0 Å². The van der Waals surface area contributed by atoms with Gasteiger partial charge in [0.05, 0.1) is 0 Å². The number of aliphatic imine (C=N–C) groups is 1. The first kappa shape index (κ1) is 20.7. The van der Waals surface area contributed by atoms with Gasteiger partial charge in [-0.1, -0.05) is 13.0 Å². The highest BCUT2D eigenvalue weighted by Gasteiger charge is 2.15. The van der Waals surface area contributed by atoms with Crippen LogP contribution in [0.4, 0.5) is 0 Å². The summed E-state index contributed by atoms with van der Waals surface area (Å²) in [5, 5.41) is 3.46. The van der Waals surface area contributed by atoms with E-state index in [2.05, 4.69) is 40.7 Å². The minimum Gasteiger partial charge on any atom is -0.355 e. The lowest BCUT2D eigenvalue weighted by molar-refractivity contribution is 0.195. The average Bonchev–Trinajstić information content (AvgIpc) is 2.45. The van der Waals surface area contributed by atoms with Crippen LogP contribution in [0.15, 0.2) is 17.6 Å². The van der Waals surface area contributed by atoms with Crippen LogP contribution < -0.4 is 5.32 Å². The predicted molar refractivity (Wildman–Crippen MR) is 104 cm³/mol. The number of hydrogen-bond donors (Lipinski definition) is 1. The molecule has 0 saturated carbocycles. The van der Waals surface area contributed by atoms with E-state index < -0.39 is 0 Å². The minimum absolute atomic E-state index is 0. The van der Waals surface area contributed by atoms with Crippen molar-refractivity contribution in [2.45, 2.75) is 32.6 Å². The first-order valence-corrected chi connectivity index (χ1v) is 7.92. The summed E-state index contributed by atoms with van der Waals surface area (Å²) in [4.78, 5) is 9.10. The molecule has 0 aromatic heterocycles. The standard InChI is InChI=1S/C16H32N4.HI/c1-5-6-7-11-19(4)16(17-3)18-10-14-20-12-8-15(2)9-13-20;/h5,15H,1,6-14H2,2-4H3,(H,17,18);1H. The summed E-state index contributed by atoms with van der Waals surface area (Å²) < 4.78 is 0.